The van der Waals surface area contributed by atoms with E-state index >= 15 is 0 Å². The van der Waals surface area contributed by atoms with Gasteiger partial charge in [-0.05, 0) is 0 Å². The number of hydrogen-bond acceptors (Lipinski definition) is 3. The van der Waals surface area contributed by atoms with Crippen LogP contribution in [-0.4, -0.2) is 18.7 Å². The molecule has 0 rings (SSSR count). The van der Waals surface area contributed by atoms with E-state index < -0.39 is 0 Å². The van der Waals surface area contributed by atoms with Gasteiger partial charge in [0.05, 0.1) is 6.26 Å². The van der Waals surface area contributed by atoms with Gasteiger partial charge in [-0.1, -0.05) is 6.92 Å². The number of rotatable bonds is 3. The maximum Gasteiger partial charge on any atom is 0.0984 e. The average molecular weight is 130 g/mol. The lowest BCUT2D eigenvalue weighted by Crippen LogP contribution is -2.21. The number of aliphatic hydroxyl groups is 1. The zero-order valence-electron chi connectivity index (χ0n) is 5.89. The molecule has 1 unspecified atom stereocenters. The van der Waals surface area contributed by atoms with E-state index in [0.717, 1.165) is 12.0 Å². The van der Waals surface area contributed by atoms with E-state index in [2.05, 4.69) is 5.32 Å². The first-order valence-corrected chi connectivity index (χ1v) is 2.98. The minimum Gasteiger partial charge on any atom is -0.514 e. The average Bonchev–Trinajstić information content (AvgIpc) is 1.90. The molecule has 0 fully saturated rings. The fraction of sp³-hybridized carbons (Fsp3) is 0.667. The van der Waals surface area contributed by atoms with Crippen LogP contribution in [0, 0.1) is 5.92 Å². The molecule has 0 radical (unpaired) electrons. The molecule has 0 aliphatic heterocycles. The van der Waals surface area contributed by atoms with Crippen LogP contribution < -0.4 is 11.1 Å². The van der Waals surface area contributed by atoms with Gasteiger partial charge in [0.25, 0.3) is 0 Å². The van der Waals surface area contributed by atoms with Crippen LogP contribution in [0.3, 0.4) is 0 Å². The molecule has 0 spiro atoms. The molecule has 0 bridgehead atoms. The second kappa shape index (κ2) is 4.21. The summed E-state index contributed by atoms with van der Waals surface area (Å²) in [5.41, 5.74) is 6.11. The Morgan fingerprint density at radius 3 is 2.56 bits per heavy atom. The van der Waals surface area contributed by atoms with Crippen LogP contribution in [0.25, 0.3) is 0 Å². The largest absolute Gasteiger partial charge is 0.514 e. The third kappa shape index (κ3) is 2.37. The fourth-order valence-electron chi connectivity index (χ4n) is 0.565. The van der Waals surface area contributed by atoms with Crippen molar-refractivity contribution in [2.24, 2.45) is 11.7 Å². The van der Waals surface area contributed by atoms with Gasteiger partial charge in [0.2, 0.25) is 0 Å². The summed E-state index contributed by atoms with van der Waals surface area (Å²) in [4.78, 5) is 0. The van der Waals surface area contributed by atoms with Gasteiger partial charge < -0.3 is 16.2 Å². The molecule has 54 valence electrons. The van der Waals surface area contributed by atoms with Gasteiger partial charge in [-0.25, -0.2) is 0 Å². The summed E-state index contributed by atoms with van der Waals surface area (Å²) >= 11 is 0. The summed E-state index contributed by atoms with van der Waals surface area (Å²) in [5, 5.41) is 11.4. The van der Waals surface area contributed by atoms with Crippen molar-refractivity contribution < 1.29 is 5.11 Å². The quantitative estimate of drug-likeness (QED) is 0.478. The van der Waals surface area contributed by atoms with Crippen LogP contribution in [0.2, 0.25) is 0 Å². The molecule has 0 saturated heterocycles. The number of nitrogens with two attached hydrogens (primary N) is 1. The van der Waals surface area contributed by atoms with E-state index in [0.29, 0.717) is 6.54 Å². The third-order valence-corrected chi connectivity index (χ3v) is 1.31. The lowest BCUT2D eigenvalue weighted by Gasteiger charge is -2.10. The molecule has 3 nitrogen and oxygen atoms in total. The first kappa shape index (κ1) is 8.30. The summed E-state index contributed by atoms with van der Waals surface area (Å²) in [6.45, 7) is 2.49. The van der Waals surface area contributed by atoms with Crippen LogP contribution >= 0.6 is 0 Å². The Labute approximate surface area is 55.6 Å². The van der Waals surface area contributed by atoms with Crippen LogP contribution in [0.5, 0.6) is 0 Å². The van der Waals surface area contributed by atoms with E-state index in [4.69, 9.17) is 10.8 Å². The van der Waals surface area contributed by atoms with Crippen molar-refractivity contribution in [1.29, 1.82) is 0 Å². The highest BCUT2D eigenvalue weighted by atomic mass is 16.2. The second-order valence-corrected chi connectivity index (χ2v) is 1.97. The van der Waals surface area contributed by atoms with Crippen LogP contribution in [-0.2, 0) is 0 Å². The molecule has 0 saturated carbocycles. The highest BCUT2D eigenvalue weighted by Gasteiger charge is 2.02. The zero-order valence-corrected chi connectivity index (χ0v) is 5.89. The summed E-state index contributed by atoms with van der Waals surface area (Å²) in [6, 6.07) is 0. The molecule has 0 amide bonds. The van der Waals surface area contributed by atoms with Crippen molar-refractivity contribution >= 4 is 0 Å². The standard InChI is InChI=1S/C6H14N2O/c1-5(3-7)6(4-9)8-2/h4-5,8-9H,3,7H2,1-2H3/b6-4-. The number of aliphatic hydroxyl groups excluding tert-OH is 1. The summed E-state index contributed by atoms with van der Waals surface area (Å²) in [7, 11) is 1.76. The highest BCUT2D eigenvalue weighted by Crippen LogP contribution is 2.01. The molecule has 0 aliphatic rings. The van der Waals surface area contributed by atoms with Gasteiger partial charge in [-0.2, -0.15) is 0 Å². The van der Waals surface area contributed by atoms with Gasteiger partial charge in [-0.3, -0.25) is 0 Å². The molecule has 3 heteroatoms. The van der Waals surface area contributed by atoms with E-state index in [1.807, 2.05) is 6.92 Å². The molecule has 0 heterocycles. The second-order valence-electron chi connectivity index (χ2n) is 1.97. The van der Waals surface area contributed by atoms with Gasteiger partial charge in [0.1, 0.15) is 0 Å². The first-order valence-electron chi connectivity index (χ1n) is 2.98. The minimum absolute atomic E-state index is 0.208. The van der Waals surface area contributed by atoms with Gasteiger partial charge >= 0.3 is 0 Å². The third-order valence-electron chi connectivity index (χ3n) is 1.31. The van der Waals surface area contributed by atoms with Crippen molar-refractivity contribution in [2.45, 2.75) is 6.92 Å². The van der Waals surface area contributed by atoms with E-state index in [1.54, 1.807) is 7.05 Å². The topological polar surface area (TPSA) is 58.3 Å². The Balaban J connectivity index is 3.80. The first-order chi connectivity index (χ1) is 4.26. The van der Waals surface area contributed by atoms with Crippen molar-refractivity contribution in [2.75, 3.05) is 13.6 Å². The molecule has 0 aromatic heterocycles. The Bertz CT molecular complexity index is 101. The molecule has 9 heavy (non-hydrogen) atoms. The maximum absolute atomic E-state index is 8.55. The zero-order chi connectivity index (χ0) is 7.28. The summed E-state index contributed by atoms with van der Waals surface area (Å²) < 4.78 is 0. The maximum atomic E-state index is 8.55. The highest BCUT2D eigenvalue weighted by molar-refractivity contribution is 4.98. The molecule has 4 N–H and O–H groups in total. The van der Waals surface area contributed by atoms with Gasteiger partial charge in [0.15, 0.2) is 0 Å². The smallest absolute Gasteiger partial charge is 0.0984 e. The fourth-order valence-corrected chi connectivity index (χ4v) is 0.565. The number of hydrogen-bond donors (Lipinski definition) is 3. The van der Waals surface area contributed by atoms with Crippen molar-refractivity contribution in [3.05, 3.63) is 12.0 Å². The predicted octanol–water partition coefficient (Wildman–Crippen LogP) is 0.200. The van der Waals surface area contributed by atoms with Crippen molar-refractivity contribution in [3.8, 4) is 0 Å². The van der Waals surface area contributed by atoms with E-state index in [9.17, 15) is 0 Å². The van der Waals surface area contributed by atoms with Gasteiger partial charge in [0, 0.05) is 25.2 Å². The van der Waals surface area contributed by atoms with Crippen LogP contribution in [0.15, 0.2) is 12.0 Å². The molecular formula is C6H14N2O. The molecule has 0 aromatic rings. The Morgan fingerprint density at radius 2 is 2.44 bits per heavy atom. The molecular weight excluding hydrogens is 116 g/mol. The number of nitrogens with one attached hydrogen (secondary N) is 1. The van der Waals surface area contributed by atoms with Crippen LogP contribution in [0.4, 0.5) is 0 Å². The molecule has 0 aliphatic carbocycles. The molecule has 1 atom stereocenters. The van der Waals surface area contributed by atoms with E-state index in [-0.39, 0.29) is 5.92 Å². The summed E-state index contributed by atoms with van der Waals surface area (Å²) in [5.74, 6) is 0.208. The lowest BCUT2D eigenvalue weighted by atomic mass is 10.1. The van der Waals surface area contributed by atoms with Gasteiger partial charge in [-0.15, -0.1) is 0 Å². The Hall–Kier alpha value is -0.700. The monoisotopic (exact) mass is 130 g/mol. The Morgan fingerprint density at radius 1 is 1.89 bits per heavy atom. The summed E-state index contributed by atoms with van der Waals surface area (Å²) in [6.07, 6.45) is 1.05. The Kier molecular flexibility index (Phi) is 3.88. The normalized spacial score (nSPS) is 15.2. The molecule has 0 aromatic carbocycles. The lowest BCUT2D eigenvalue weighted by molar-refractivity contribution is 0.447. The van der Waals surface area contributed by atoms with Crippen molar-refractivity contribution in [1.82, 2.24) is 5.32 Å². The van der Waals surface area contributed by atoms with Crippen LogP contribution in [0.1, 0.15) is 6.92 Å². The minimum atomic E-state index is 0.208. The SMILES string of the molecule is CN/C(=C\O)C(C)CN. The predicted molar refractivity (Wildman–Crippen MR) is 38.0 cm³/mol. The van der Waals surface area contributed by atoms with Crippen molar-refractivity contribution in [3.63, 3.8) is 0 Å². The van der Waals surface area contributed by atoms with E-state index in [1.165, 1.54) is 0 Å².